The number of carbonyl (C=O) groups excluding carboxylic acids is 1. The van der Waals surface area contributed by atoms with E-state index in [4.69, 9.17) is 9.15 Å². The summed E-state index contributed by atoms with van der Waals surface area (Å²) in [5.41, 5.74) is 2.22. The second-order valence-electron chi connectivity index (χ2n) is 3.38. The van der Waals surface area contributed by atoms with Crippen molar-refractivity contribution in [2.45, 2.75) is 13.3 Å². The van der Waals surface area contributed by atoms with Gasteiger partial charge in [0.1, 0.15) is 11.3 Å². The number of methoxy groups -OCH3 is 1. The number of nitrogens with zero attached hydrogens (tertiary/aromatic N) is 1. The second-order valence-corrected chi connectivity index (χ2v) is 3.38. The van der Waals surface area contributed by atoms with Crippen LogP contribution < -0.4 is 4.74 Å². The maximum atomic E-state index is 11.0. The summed E-state index contributed by atoms with van der Waals surface area (Å²) in [5, 5.41) is 0. The van der Waals surface area contributed by atoms with Gasteiger partial charge >= 0.3 is 0 Å². The van der Waals surface area contributed by atoms with E-state index in [0.717, 1.165) is 5.56 Å². The molecule has 2 aromatic rings. The number of Topliss-reactive ketones (excluding diaryl/α,β-unsaturated/α-hetero) is 1. The molecule has 0 spiro atoms. The van der Waals surface area contributed by atoms with Crippen molar-refractivity contribution in [3.05, 3.63) is 24.1 Å². The molecule has 0 fully saturated rings. The van der Waals surface area contributed by atoms with Crippen LogP contribution in [0.3, 0.4) is 0 Å². The third-order valence-electron chi connectivity index (χ3n) is 2.13. The van der Waals surface area contributed by atoms with Gasteiger partial charge in [0.25, 0.3) is 0 Å². The van der Waals surface area contributed by atoms with Crippen molar-refractivity contribution < 1.29 is 13.9 Å². The number of fused-ring (bicyclic) bond motifs is 1. The van der Waals surface area contributed by atoms with Crippen LogP contribution >= 0.6 is 0 Å². The Labute approximate surface area is 86.9 Å². The minimum atomic E-state index is 0.111. The molecule has 0 amide bonds. The molecular formula is C11H11NO3. The van der Waals surface area contributed by atoms with Crippen molar-refractivity contribution in [3.63, 3.8) is 0 Å². The van der Waals surface area contributed by atoms with E-state index >= 15 is 0 Å². The fourth-order valence-electron chi connectivity index (χ4n) is 1.53. The van der Waals surface area contributed by atoms with Crippen molar-refractivity contribution in [1.82, 2.24) is 4.98 Å². The van der Waals surface area contributed by atoms with Gasteiger partial charge < -0.3 is 9.15 Å². The lowest BCUT2D eigenvalue weighted by Gasteiger charge is -2.03. The molecule has 1 heterocycles. The number of oxazole rings is 1. The number of aromatic nitrogens is 1. The van der Waals surface area contributed by atoms with Crippen molar-refractivity contribution in [1.29, 1.82) is 0 Å². The van der Waals surface area contributed by atoms with Gasteiger partial charge in [-0.3, -0.25) is 4.79 Å². The van der Waals surface area contributed by atoms with Crippen LogP contribution in [0.4, 0.5) is 0 Å². The molecular weight excluding hydrogens is 194 g/mol. The Kier molecular flexibility index (Phi) is 2.41. The Bertz CT molecular complexity index is 502. The quantitative estimate of drug-likeness (QED) is 0.768. The van der Waals surface area contributed by atoms with E-state index in [-0.39, 0.29) is 5.78 Å². The first-order valence-corrected chi connectivity index (χ1v) is 4.60. The summed E-state index contributed by atoms with van der Waals surface area (Å²) >= 11 is 0. The Morgan fingerprint density at radius 2 is 2.33 bits per heavy atom. The van der Waals surface area contributed by atoms with E-state index in [0.29, 0.717) is 23.3 Å². The van der Waals surface area contributed by atoms with Gasteiger partial charge in [-0.05, 0) is 24.6 Å². The van der Waals surface area contributed by atoms with Crippen LogP contribution in [0.1, 0.15) is 12.5 Å². The molecule has 0 radical (unpaired) electrons. The molecule has 15 heavy (non-hydrogen) atoms. The van der Waals surface area contributed by atoms with Crippen LogP contribution in [-0.2, 0) is 11.2 Å². The van der Waals surface area contributed by atoms with E-state index in [1.165, 1.54) is 6.39 Å². The fraction of sp³-hybridized carbons (Fsp3) is 0.273. The SMILES string of the molecule is COc1cc(CC(C)=O)cc2ncoc12. The highest BCUT2D eigenvalue weighted by Crippen LogP contribution is 2.26. The number of carbonyl (C=O) groups is 1. The van der Waals surface area contributed by atoms with Gasteiger partial charge in [-0.2, -0.15) is 0 Å². The van der Waals surface area contributed by atoms with E-state index in [9.17, 15) is 4.79 Å². The van der Waals surface area contributed by atoms with Crippen LogP contribution in [0.15, 0.2) is 22.9 Å². The molecule has 0 saturated heterocycles. The summed E-state index contributed by atoms with van der Waals surface area (Å²) in [6, 6.07) is 3.64. The molecule has 0 unspecified atom stereocenters. The van der Waals surface area contributed by atoms with E-state index in [1.807, 2.05) is 6.07 Å². The smallest absolute Gasteiger partial charge is 0.196 e. The maximum absolute atomic E-state index is 11.0. The standard InChI is InChI=1S/C11H11NO3/c1-7(13)3-8-4-9-11(15-6-12-9)10(5-8)14-2/h4-6H,3H2,1-2H3. The zero-order chi connectivity index (χ0) is 10.8. The van der Waals surface area contributed by atoms with Crippen LogP contribution in [0.5, 0.6) is 5.75 Å². The van der Waals surface area contributed by atoms with Crippen LogP contribution in [0.25, 0.3) is 11.1 Å². The summed E-state index contributed by atoms with van der Waals surface area (Å²) in [4.78, 5) is 15.0. The maximum Gasteiger partial charge on any atom is 0.196 e. The number of ether oxygens (including phenoxy) is 1. The fourth-order valence-corrected chi connectivity index (χ4v) is 1.53. The zero-order valence-electron chi connectivity index (χ0n) is 8.61. The predicted octanol–water partition coefficient (Wildman–Crippen LogP) is 1.97. The van der Waals surface area contributed by atoms with Crippen molar-refractivity contribution in [2.24, 2.45) is 0 Å². The first-order chi connectivity index (χ1) is 7.20. The van der Waals surface area contributed by atoms with Crippen LogP contribution in [0, 0.1) is 0 Å². The predicted molar refractivity (Wildman–Crippen MR) is 54.9 cm³/mol. The topological polar surface area (TPSA) is 52.3 Å². The van der Waals surface area contributed by atoms with Gasteiger partial charge in [-0.1, -0.05) is 0 Å². The summed E-state index contributed by atoms with van der Waals surface area (Å²) < 4.78 is 10.3. The lowest BCUT2D eigenvalue weighted by atomic mass is 10.1. The van der Waals surface area contributed by atoms with Gasteiger partial charge in [0.05, 0.1) is 7.11 Å². The average Bonchev–Trinajstić information content (AvgIpc) is 2.63. The second kappa shape index (κ2) is 3.73. The molecule has 4 heteroatoms. The van der Waals surface area contributed by atoms with Crippen molar-refractivity contribution in [2.75, 3.05) is 7.11 Å². The van der Waals surface area contributed by atoms with Gasteiger partial charge in [0.2, 0.25) is 0 Å². The Balaban J connectivity index is 2.53. The van der Waals surface area contributed by atoms with E-state index in [2.05, 4.69) is 4.98 Å². The van der Waals surface area contributed by atoms with Crippen molar-refractivity contribution >= 4 is 16.9 Å². The number of rotatable bonds is 3. The molecule has 1 aromatic carbocycles. The first kappa shape index (κ1) is 9.71. The summed E-state index contributed by atoms with van der Waals surface area (Å²) in [5.74, 6) is 0.723. The number of benzene rings is 1. The Morgan fingerprint density at radius 3 is 3.00 bits per heavy atom. The monoisotopic (exact) mass is 205 g/mol. The van der Waals surface area contributed by atoms with Gasteiger partial charge in [0.15, 0.2) is 17.7 Å². The van der Waals surface area contributed by atoms with Gasteiger partial charge in [-0.15, -0.1) is 0 Å². The minimum Gasteiger partial charge on any atom is -0.493 e. The molecule has 0 bridgehead atoms. The number of hydrogen-bond acceptors (Lipinski definition) is 4. The average molecular weight is 205 g/mol. The highest BCUT2D eigenvalue weighted by molar-refractivity contribution is 5.83. The normalized spacial score (nSPS) is 10.5. The van der Waals surface area contributed by atoms with E-state index in [1.54, 1.807) is 20.1 Å². The molecule has 0 aliphatic carbocycles. The van der Waals surface area contributed by atoms with Crippen LogP contribution in [0.2, 0.25) is 0 Å². The lowest BCUT2D eigenvalue weighted by Crippen LogP contribution is -1.97. The summed E-state index contributed by atoms with van der Waals surface area (Å²) in [6.07, 6.45) is 1.75. The molecule has 4 nitrogen and oxygen atoms in total. The molecule has 0 N–H and O–H groups in total. The van der Waals surface area contributed by atoms with Crippen LogP contribution in [-0.4, -0.2) is 17.9 Å². The Hall–Kier alpha value is -1.84. The van der Waals surface area contributed by atoms with E-state index < -0.39 is 0 Å². The number of hydrogen-bond donors (Lipinski definition) is 0. The third-order valence-corrected chi connectivity index (χ3v) is 2.13. The van der Waals surface area contributed by atoms with Gasteiger partial charge in [0, 0.05) is 6.42 Å². The minimum absolute atomic E-state index is 0.111. The summed E-state index contributed by atoms with van der Waals surface area (Å²) in [7, 11) is 1.56. The molecule has 2 rings (SSSR count). The molecule has 0 aliphatic heterocycles. The first-order valence-electron chi connectivity index (χ1n) is 4.60. The third kappa shape index (κ3) is 1.83. The lowest BCUT2D eigenvalue weighted by molar-refractivity contribution is -0.116. The van der Waals surface area contributed by atoms with Gasteiger partial charge in [-0.25, -0.2) is 4.98 Å². The highest BCUT2D eigenvalue weighted by Gasteiger charge is 2.09. The molecule has 0 aliphatic rings. The van der Waals surface area contributed by atoms with Crippen molar-refractivity contribution in [3.8, 4) is 5.75 Å². The molecule has 1 aromatic heterocycles. The number of ketones is 1. The highest BCUT2D eigenvalue weighted by atomic mass is 16.5. The Morgan fingerprint density at radius 1 is 1.53 bits per heavy atom. The molecule has 0 atom stereocenters. The molecule has 0 saturated carbocycles. The molecule has 78 valence electrons. The summed E-state index contributed by atoms with van der Waals surface area (Å²) in [6.45, 7) is 1.56. The largest absolute Gasteiger partial charge is 0.493 e. The zero-order valence-corrected chi connectivity index (χ0v) is 8.61.